The van der Waals surface area contributed by atoms with Gasteiger partial charge in [0, 0.05) is 26.2 Å². The Labute approximate surface area is 108 Å². The molecule has 2 rings (SSSR count). The number of carbonyl (C=O) groups is 1. The molecule has 0 radical (unpaired) electrons. The third-order valence-electron chi connectivity index (χ3n) is 2.97. The van der Waals surface area contributed by atoms with Crippen molar-refractivity contribution in [3.8, 4) is 0 Å². The van der Waals surface area contributed by atoms with Crippen LogP contribution in [0.25, 0.3) is 0 Å². The first-order valence-corrected chi connectivity index (χ1v) is 4.91. The zero-order valence-corrected chi connectivity index (χ0v) is 10.9. The fourth-order valence-corrected chi connectivity index (χ4v) is 2.01. The molecule has 0 aromatic rings. The van der Waals surface area contributed by atoms with E-state index in [-0.39, 0.29) is 30.8 Å². The fourth-order valence-electron chi connectivity index (χ4n) is 2.01. The molecule has 2 heterocycles. The summed E-state index contributed by atoms with van der Waals surface area (Å²) in [7, 11) is 1.44. The van der Waals surface area contributed by atoms with E-state index in [1.807, 2.05) is 0 Å². The summed E-state index contributed by atoms with van der Waals surface area (Å²) in [6.45, 7) is 4.58. The first-order chi connectivity index (χ1) is 6.79. The van der Waals surface area contributed by atoms with Gasteiger partial charge in [0.15, 0.2) is 5.54 Å². The minimum atomic E-state index is -0.489. The zero-order valence-electron chi connectivity index (χ0n) is 9.23. The number of hydrogen-bond acceptors (Lipinski definition) is 5. The lowest BCUT2D eigenvalue weighted by atomic mass is 9.94. The summed E-state index contributed by atoms with van der Waals surface area (Å²) in [5.74, 6) is -0.161. The number of halogens is 2. The Hall–Kier alpha value is -0.0700. The molecular weight excluding hydrogens is 255 g/mol. The number of methoxy groups -OCH3 is 1. The Kier molecular flexibility index (Phi) is 6.58. The minimum absolute atomic E-state index is 0. The molecule has 5 nitrogen and oxygen atoms in total. The quantitative estimate of drug-likeness (QED) is 0.699. The van der Waals surface area contributed by atoms with Gasteiger partial charge in [-0.25, -0.2) is 4.79 Å². The van der Waals surface area contributed by atoms with Gasteiger partial charge in [0.05, 0.1) is 20.3 Å². The maximum atomic E-state index is 11.7. The van der Waals surface area contributed by atoms with E-state index in [1.165, 1.54) is 7.11 Å². The van der Waals surface area contributed by atoms with E-state index in [0.29, 0.717) is 13.2 Å². The molecule has 0 aromatic heterocycles. The molecule has 0 atom stereocenters. The number of nitrogens with zero attached hydrogens (tertiary/aromatic N) is 1. The number of carbonyl (C=O) groups excluding carboxylic acids is 1. The van der Waals surface area contributed by atoms with Crippen LogP contribution < -0.4 is 5.32 Å². The highest BCUT2D eigenvalue weighted by atomic mass is 35.5. The Morgan fingerprint density at radius 2 is 1.88 bits per heavy atom. The molecule has 0 spiro atoms. The normalized spacial score (nSPS) is 23.3. The van der Waals surface area contributed by atoms with Crippen LogP contribution in [0.3, 0.4) is 0 Å². The molecule has 16 heavy (non-hydrogen) atoms. The van der Waals surface area contributed by atoms with Gasteiger partial charge in [-0.15, -0.1) is 24.8 Å². The standard InChI is InChI=1S/C9H16N2O3.2ClH/c1-13-8(12)9(6-14-7-9)11-4-2-10-3-5-11;;/h10H,2-7H2,1H3;2*1H. The first-order valence-electron chi connectivity index (χ1n) is 4.91. The van der Waals surface area contributed by atoms with Gasteiger partial charge in [0.2, 0.25) is 0 Å². The molecule has 7 heteroatoms. The second-order valence-electron chi connectivity index (χ2n) is 3.75. The predicted molar refractivity (Wildman–Crippen MR) is 64.5 cm³/mol. The lowest BCUT2D eigenvalue weighted by molar-refractivity contribution is -0.191. The smallest absolute Gasteiger partial charge is 0.331 e. The molecule has 2 fully saturated rings. The summed E-state index contributed by atoms with van der Waals surface area (Å²) >= 11 is 0. The first kappa shape index (κ1) is 15.9. The molecule has 0 saturated carbocycles. The van der Waals surface area contributed by atoms with Crippen LogP contribution >= 0.6 is 24.8 Å². The van der Waals surface area contributed by atoms with Crippen LogP contribution in [0.1, 0.15) is 0 Å². The highest BCUT2D eigenvalue weighted by molar-refractivity contribution is 5.85. The van der Waals surface area contributed by atoms with Crippen molar-refractivity contribution in [2.45, 2.75) is 5.54 Å². The van der Waals surface area contributed by atoms with Gasteiger partial charge < -0.3 is 14.8 Å². The van der Waals surface area contributed by atoms with Crippen LogP contribution in [0.2, 0.25) is 0 Å². The highest BCUT2D eigenvalue weighted by Gasteiger charge is 2.51. The summed E-state index contributed by atoms with van der Waals surface area (Å²) in [5, 5.41) is 3.26. The van der Waals surface area contributed by atoms with E-state index in [0.717, 1.165) is 26.2 Å². The lowest BCUT2D eigenvalue weighted by Gasteiger charge is -2.48. The summed E-state index contributed by atoms with van der Waals surface area (Å²) in [5.41, 5.74) is -0.489. The van der Waals surface area contributed by atoms with Crippen LogP contribution in [0, 0.1) is 0 Å². The van der Waals surface area contributed by atoms with E-state index in [4.69, 9.17) is 9.47 Å². The van der Waals surface area contributed by atoms with Crippen LogP contribution in [0.5, 0.6) is 0 Å². The van der Waals surface area contributed by atoms with E-state index >= 15 is 0 Å². The van der Waals surface area contributed by atoms with Gasteiger partial charge in [-0.3, -0.25) is 4.90 Å². The third kappa shape index (κ3) is 2.60. The molecule has 0 aliphatic carbocycles. The number of esters is 1. The highest BCUT2D eigenvalue weighted by Crippen LogP contribution is 2.26. The van der Waals surface area contributed by atoms with Crippen LogP contribution in [-0.4, -0.2) is 62.9 Å². The molecule has 2 aliphatic heterocycles. The lowest BCUT2D eigenvalue weighted by Crippen LogP contribution is -2.70. The van der Waals surface area contributed by atoms with Crippen LogP contribution in [0.4, 0.5) is 0 Å². The third-order valence-corrected chi connectivity index (χ3v) is 2.97. The Morgan fingerprint density at radius 1 is 1.31 bits per heavy atom. The van der Waals surface area contributed by atoms with Gasteiger partial charge in [0.25, 0.3) is 0 Å². The van der Waals surface area contributed by atoms with Crippen molar-refractivity contribution >= 4 is 30.8 Å². The molecule has 2 aliphatic rings. The van der Waals surface area contributed by atoms with Crippen LogP contribution in [0.15, 0.2) is 0 Å². The fraction of sp³-hybridized carbons (Fsp3) is 0.889. The topological polar surface area (TPSA) is 50.8 Å². The number of hydrogen-bond donors (Lipinski definition) is 1. The van der Waals surface area contributed by atoms with E-state index < -0.39 is 5.54 Å². The molecular formula is C9H18Cl2N2O3. The zero-order chi connectivity index (χ0) is 10.0. The molecule has 2 saturated heterocycles. The SMILES string of the molecule is COC(=O)C1(N2CCNCC2)COC1.Cl.Cl. The second-order valence-corrected chi connectivity index (χ2v) is 3.75. The van der Waals surface area contributed by atoms with Gasteiger partial charge >= 0.3 is 5.97 Å². The van der Waals surface area contributed by atoms with Crippen molar-refractivity contribution in [2.75, 3.05) is 46.5 Å². The average Bonchev–Trinajstić information content (AvgIpc) is 2.17. The minimum Gasteiger partial charge on any atom is -0.467 e. The van der Waals surface area contributed by atoms with E-state index in [1.54, 1.807) is 0 Å². The maximum Gasteiger partial charge on any atom is 0.331 e. The number of ether oxygens (including phenoxy) is 2. The summed E-state index contributed by atoms with van der Waals surface area (Å²) in [6, 6.07) is 0. The van der Waals surface area contributed by atoms with Crippen molar-refractivity contribution < 1.29 is 14.3 Å². The molecule has 96 valence electrons. The predicted octanol–water partition coefficient (Wildman–Crippen LogP) is -0.323. The van der Waals surface area contributed by atoms with E-state index in [2.05, 4.69) is 10.2 Å². The molecule has 0 unspecified atom stereocenters. The Balaban J connectivity index is 0.00000112. The summed E-state index contributed by atoms with van der Waals surface area (Å²) in [4.78, 5) is 13.8. The second kappa shape index (κ2) is 6.61. The molecule has 0 bridgehead atoms. The van der Waals surface area contributed by atoms with Crippen molar-refractivity contribution in [2.24, 2.45) is 0 Å². The Bertz CT molecular complexity index is 231. The van der Waals surface area contributed by atoms with Crippen molar-refractivity contribution in [3.63, 3.8) is 0 Å². The maximum absolute atomic E-state index is 11.7. The molecule has 0 amide bonds. The van der Waals surface area contributed by atoms with Crippen molar-refractivity contribution in [3.05, 3.63) is 0 Å². The van der Waals surface area contributed by atoms with Crippen LogP contribution in [-0.2, 0) is 14.3 Å². The van der Waals surface area contributed by atoms with Gasteiger partial charge in [-0.1, -0.05) is 0 Å². The van der Waals surface area contributed by atoms with Crippen molar-refractivity contribution in [1.29, 1.82) is 0 Å². The Morgan fingerprint density at radius 3 is 2.25 bits per heavy atom. The van der Waals surface area contributed by atoms with Crippen molar-refractivity contribution in [1.82, 2.24) is 10.2 Å². The summed E-state index contributed by atoms with van der Waals surface area (Å²) in [6.07, 6.45) is 0. The number of nitrogens with one attached hydrogen (secondary N) is 1. The number of rotatable bonds is 2. The molecule has 1 N–H and O–H groups in total. The number of piperazine rings is 1. The summed E-state index contributed by atoms with van der Waals surface area (Å²) < 4.78 is 9.98. The van der Waals surface area contributed by atoms with Gasteiger partial charge in [-0.05, 0) is 0 Å². The molecule has 0 aromatic carbocycles. The monoisotopic (exact) mass is 272 g/mol. The van der Waals surface area contributed by atoms with E-state index in [9.17, 15) is 4.79 Å². The van der Waals surface area contributed by atoms with Gasteiger partial charge in [0.1, 0.15) is 0 Å². The van der Waals surface area contributed by atoms with Gasteiger partial charge in [-0.2, -0.15) is 0 Å². The largest absolute Gasteiger partial charge is 0.467 e. The average molecular weight is 273 g/mol.